The van der Waals surface area contributed by atoms with Crippen molar-refractivity contribution in [3.63, 3.8) is 0 Å². The van der Waals surface area contributed by atoms with Gasteiger partial charge in [-0.1, -0.05) is 43.5 Å². The maximum absolute atomic E-state index is 13.8. The third kappa shape index (κ3) is 4.09. The molecular weight excluding hydrogens is 373 g/mol. The van der Waals surface area contributed by atoms with E-state index < -0.39 is 0 Å². The summed E-state index contributed by atoms with van der Waals surface area (Å²) in [5, 5.41) is 4.40. The van der Waals surface area contributed by atoms with Gasteiger partial charge >= 0.3 is 0 Å². The first-order chi connectivity index (χ1) is 13.6. The van der Waals surface area contributed by atoms with Crippen molar-refractivity contribution in [2.24, 2.45) is 0 Å². The van der Waals surface area contributed by atoms with E-state index in [-0.39, 0.29) is 11.7 Å². The summed E-state index contributed by atoms with van der Waals surface area (Å²) in [5.41, 5.74) is 2.61. The molecule has 1 aromatic heterocycles. The SMILES string of the molecule is Cc1ccc(NC(=O)c2oc3ccccc3c2CSC2CCCCC2)cc1F. The minimum absolute atomic E-state index is 0.325. The van der Waals surface area contributed by atoms with Crippen molar-refractivity contribution in [3.8, 4) is 0 Å². The van der Waals surface area contributed by atoms with Gasteiger partial charge in [-0.15, -0.1) is 0 Å². The van der Waals surface area contributed by atoms with Crippen LogP contribution in [0, 0.1) is 12.7 Å². The van der Waals surface area contributed by atoms with E-state index in [9.17, 15) is 9.18 Å². The van der Waals surface area contributed by atoms with E-state index in [1.807, 2.05) is 36.0 Å². The van der Waals surface area contributed by atoms with E-state index in [0.29, 0.717) is 27.8 Å². The fraction of sp³-hybridized carbons (Fsp3) is 0.348. The Morgan fingerprint density at radius 2 is 1.96 bits per heavy atom. The van der Waals surface area contributed by atoms with E-state index in [4.69, 9.17) is 4.42 Å². The van der Waals surface area contributed by atoms with Crippen LogP contribution in [0.25, 0.3) is 11.0 Å². The van der Waals surface area contributed by atoms with Crippen LogP contribution in [0.15, 0.2) is 46.9 Å². The van der Waals surface area contributed by atoms with Crippen LogP contribution in [-0.2, 0) is 5.75 Å². The largest absolute Gasteiger partial charge is 0.451 e. The number of rotatable bonds is 5. The van der Waals surface area contributed by atoms with Crippen molar-refractivity contribution in [1.82, 2.24) is 0 Å². The lowest BCUT2D eigenvalue weighted by molar-refractivity contribution is 0.0998. The molecule has 1 saturated carbocycles. The highest BCUT2D eigenvalue weighted by Crippen LogP contribution is 2.35. The Morgan fingerprint density at radius 1 is 1.18 bits per heavy atom. The first-order valence-electron chi connectivity index (χ1n) is 9.81. The molecule has 1 aliphatic rings. The third-order valence-corrected chi connectivity index (χ3v) is 6.75. The highest BCUT2D eigenvalue weighted by atomic mass is 32.2. The predicted octanol–water partition coefficient (Wildman–Crippen LogP) is 6.70. The third-order valence-electron chi connectivity index (χ3n) is 5.35. The molecule has 1 aliphatic carbocycles. The molecule has 0 atom stereocenters. The number of hydrogen-bond donors (Lipinski definition) is 1. The lowest BCUT2D eigenvalue weighted by Crippen LogP contribution is -2.14. The number of amides is 1. The number of benzene rings is 2. The van der Waals surface area contributed by atoms with Crippen molar-refractivity contribution in [1.29, 1.82) is 0 Å². The van der Waals surface area contributed by atoms with E-state index >= 15 is 0 Å². The molecule has 1 heterocycles. The van der Waals surface area contributed by atoms with Gasteiger partial charge in [0.25, 0.3) is 5.91 Å². The highest BCUT2D eigenvalue weighted by Gasteiger charge is 2.22. The first kappa shape index (κ1) is 19.1. The monoisotopic (exact) mass is 397 g/mol. The quantitative estimate of drug-likeness (QED) is 0.521. The second-order valence-corrected chi connectivity index (χ2v) is 8.68. The molecule has 0 saturated heterocycles. The van der Waals surface area contributed by atoms with Gasteiger partial charge < -0.3 is 9.73 Å². The Bertz CT molecular complexity index is 991. The molecule has 28 heavy (non-hydrogen) atoms. The Morgan fingerprint density at radius 3 is 2.75 bits per heavy atom. The summed E-state index contributed by atoms with van der Waals surface area (Å²) in [6.45, 7) is 1.70. The van der Waals surface area contributed by atoms with Gasteiger partial charge in [0.15, 0.2) is 5.76 Å². The maximum Gasteiger partial charge on any atom is 0.291 e. The predicted molar refractivity (Wildman–Crippen MR) is 113 cm³/mol. The second kappa shape index (κ2) is 8.39. The Balaban J connectivity index is 1.59. The van der Waals surface area contributed by atoms with Gasteiger partial charge in [0.1, 0.15) is 11.4 Å². The molecule has 146 valence electrons. The lowest BCUT2D eigenvalue weighted by Gasteiger charge is -2.20. The van der Waals surface area contributed by atoms with Gasteiger partial charge in [-0.05, 0) is 43.5 Å². The van der Waals surface area contributed by atoms with Crippen molar-refractivity contribution in [2.45, 2.75) is 50.0 Å². The molecular formula is C23H24FNO2S. The van der Waals surface area contributed by atoms with Crippen LogP contribution in [0.5, 0.6) is 0 Å². The van der Waals surface area contributed by atoms with E-state index in [1.54, 1.807) is 19.1 Å². The summed E-state index contributed by atoms with van der Waals surface area (Å²) in [6.07, 6.45) is 6.38. The van der Waals surface area contributed by atoms with Crippen molar-refractivity contribution < 1.29 is 13.6 Å². The highest BCUT2D eigenvalue weighted by molar-refractivity contribution is 7.99. The first-order valence-corrected chi connectivity index (χ1v) is 10.9. The Kier molecular flexibility index (Phi) is 5.72. The van der Waals surface area contributed by atoms with Crippen LogP contribution >= 0.6 is 11.8 Å². The minimum atomic E-state index is -0.338. The van der Waals surface area contributed by atoms with Gasteiger partial charge in [0, 0.05) is 27.6 Å². The number of para-hydroxylation sites is 1. The van der Waals surface area contributed by atoms with Crippen molar-refractivity contribution in [2.75, 3.05) is 5.32 Å². The van der Waals surface area contributed by atoms with Crippen LogP contribution < -0.4 is 5.32 Å². The molecule has 0 aliphatic heterocycles. The van der Waals surface area contributed by atoms with E-state index in [1.165, 1.54) is 38.2 Å². The van der Waals surface area contributed by atoms with Gasteiger partial charge in [0.2, 0.25) is 0 Å². The zero-order chi connectivity index (χ0) is 19.5. The normalized spacial score (nSPS) is 15.1. The molecule has 2 aromatic carbocycles. The number of fused-ring (bicyclic) bond motifs is 1. The fourth-order valence-corrected chi connectivity index (χ4v) is 5.07. The molecule has 1 N–H and O–H groups in total. The number of hydrogen-bond acceptors (Lipinski definition) is 3. The summed E-state index contributed by atoms with van der Waals surface area (Å²) in [6, 6.07) is 12.4. The fourth-order valence-electron chi connectivity index (χ4n) is 3.72. The molecule has 0 radical (unpaired) electrons. The number of nitrogens with one attached hydrogen (secondary N) is 1. The van der Waals surface area contributed by atoms with Crippen LogP contribution in [0.1, 0.15) is 53.8 Å². The number of aryl methyl sites for hydroxylation is 1. The average molecular weight is 398 g/mol. The smallest absolute Gasteiger partial charge is 0.291 e. The molecule has 1 amide bonds. The second-order valence-electron chi connectivity index (χ2n) is 7.40. The number of anilines is 1. The van der Waals surface area contributed by atoms with Gasteiger partial charge in [-0.25, -0.2) is 4.39 Å². The Labute approximate surface area is 168 Å². The minimum Gasteiger partial charge on any atom is -0.451 e. The molecule has 0 unspecified atom stereocenters. The number of carbonyl (C=O) groups excluding carboxylic acids is 1. The van der Waals surface area contributed by atoms with Gasteiger partial charge in [-0.2, -0.15) is 11.8 Å². The number of thioether (sulfide) groups is 1. The van der Waals surface area contributed by atoms with Gasteiger partial charge in [-0.3, -0.25) is 4.79 Å². The molecule has 0 spiro atoms. The number of halogens is 1. The van der Waals surface area contributed by atoms with Crippen LogP contribution in [0.3, 0.4) is 0 Å². The summed E-state index contributed by atoms with van der Waals surface area (Å²) in [7, 11) is 0. The number of furan rings is 1. The summed E-state index contributed by atoms with van der Waals surface area (Å²) >= 11 is 1.91. The molecule has 1 fully saturated rings. The van der Waals surface area contributed by atoms with E-state index in [2.05, 4.69) is 5.32 Å². The zero-order valence-electron chi connectivity index (χ0n) is 16.0. The Hall–Kier alpha value is -2.27. The average Bonchev–Trinajstić information content (AvgIpc) is 3.09. The summed E-state index contributed by atoms with van der Waals surface area (Å²) in [4.78, 5) is 12.9. The zero-order valence-corrected chi connectivity index (χ0v) is 16.8. The van der Waals surface area contributed by atoms with Crippen LogP contribution in [-0.4, -0.2) is 11.2 Å². The van der Waals surface area contributed by atoms with Gasteiger partial charge in [0.05, 0.1) is 0 Å². The molecule has 5 heteroatoms. The standard InChI is InChI=1S/C23H24FNO2S/c1-15-11-12-16(13-20(15)24)25-23(26)22-19(14-28-17-7-3-2-4-8-17)18-9-5-6-10-21(18)27-22/h5-6,9-13,17H,2-4,7-8,14H2,1H3,(H,25,26). The molecule has 0 bridgehead atoms. The van der Waals surface area contributed by atoms with Crippen molar-refractivity contribution in [3.05, 3.63) is 65.2 Å². The van der Waals surface area contributed by atoms with Crippen molar-refractivity contribution >= 4 is 34.3 Å². The van der Waals surface area contributed by atoms with Crippen LogP contribution in [0.2, 0.25) is 0 Å². The topological polar surface area (TPSA) is 42.2 Å². The molecule has 3 nitrogen and oxygen atoms in total. The molecule has 4 rings (SSSR count). The summed E-state index contributed by atoms with van der Waals surface area (Å²) < 4.78 is 19.7. The van der Waals surface area contributed by atoms with E-state index in [0.717, 1.165) is 16.7 Å². The maximum atomic E-state index is 13.8. The van der Waals surface area contributed by atoms with Crippen LogP contribution in [0.4, 0.5) is 10.1 Å². The number of carbonyl (C=O) groups is 1. The summed E-state index contributed by atoms with van der Waals surface area (Å²) in [5.74, 6) is 0.395. The molecule has 3 aromatic rings. The lowest BCUT2D eigenvalue weighted by atomic mass is 10.0.